The Hall–Kier alpha value is -1.86. The molecule has 1 heterocycles. The molecule has 1 aliphatic heterocycles. The van der Waals surface area contributed by atoms with Gasteiger partial charge in [-0.1, -0.05) is 36.1 Å². The van der Waals surface area contributed by atoms with Crippen LogP contribution in [0.3, 0.4) is 0 Å². The highest BCUT2D eigenvalue weighted by atomic mass is 32.2. The van der Waals surface area contributed by atoms with E-state index in [4.69, 9.17) is 17.0 Å². The first-order chi connectivity index (χ1) is 11.7. The van der Waals surface area contributed by atoms with Crippen LogP contribution in [-0.4, -0.2) is 39.7 Å². The maximum atomic E-state index is 12.5. The number of hydrogen-bond donors (Lipinski definition) is 1. The first-order valence-corrected chi connectivity index (χ1v) is 9.21. The number of nitrogens with zero attached hydrogens (tertiary/aromatic N) is 1. The van der Waals surface area contributed by atoms with E-state index in [0.717, 1.165) is 11.3 Å². The highest BCUT2D eigenvalue weighted by molar-refractivity contribution is 8.26. The van der Waals surface area contributed by atoms with Crippen LogP contribution in [0.2, 0.25) is 0 Å². The molecule has 2 rings (SSSR count). The standard InChI is InChI=1S/C18H22N2O3S2/c1-5-23-13-8-6-12(7-9-13)10-14-16(22)20(17(24)25-14)11-15(21)19-18(2,3)4/h6-10H,5,11H2,1-4H3,(H,19,21)/b14-10+. The van der Waals surface area contributed by atoms with Crippen molar-refractivity contribution in [3.8, 4) is 5.75 Å². The maximum Gasteiger partial charge on any atom is 0.266 e. The molecule has 1 saturated heterocycles. The Labute approximate surface area is 157 Å². The Morgan fingerprint density at radius 2 is 1.96 bits per heavy atom. The minimum absolute atomic E-state index is 0.0669. The van der Waals surface area contributed by atoms with Crippen molar-refractivity contribution in [1.82, 2.24) is 10.2 Å². The molecule has 0 bridgehead atoms. The second-order valence-corrected chi connectivity index (χ2v) is 8.24. The molecule has 1 aliphatic rings. The van der Waals surface area contributed by atoms with Crippen molar-refractivity contribution in [2.75, 3.05) is 13.2 Å². The predicted molar refractivity (Wildman–Crippen MR) is 105 cm³/mol. The number of carbonyl (C=O) groups is 2. The Kier molecular flexibility index (Phi) is 6.24. The minimum Gasteiger partial charge on any atom is -0.494 e. The quantitative estimate of drug-likeness (QED) is 0.630. The molecule has 0 saturated carbocycles. The van der Waals surface area contributed by atoms with Gasteiger partial charge in [0.2, 0.25) is 5.91 Å². The van der Waals surface area contributed by atoms with Gasteiger partial charge in [0.1, 0.15) is 16.6 Å². The number of thioether (sulfide) groups is 1. The van der Waals surface area contributed by atoms with Gasteiger partial charge in [0, 0.05) is 5.54 Å². The molecule has 0 unspecified atom stereocenters. The lowest BCUT2D eigenvalue weighted by atomic mass is 10.1. The van der Waals surface area contributed by atoms with E-state index in [-0.39, 0.29) is 23.9 Å². The van der Waals surface area contributed by atoms with Crippen molar-refractivity contribution in [3.63, 3.8) is 0 Å². The molecule has 0 spiro atoms. The second-order valence-electron chi connectivity index (χ2n) is 6.57. The van der Waals surface area contributed by atoms with Crippen LogP contribution < -0.4 is 10.1 Å². The van der Waals surface area contributed by atoms with Crippen LogP contribution in [-0.2, 0) is 9.59 Å². The van der Waals surface area contributed by atoms with E-state index >= 15 is 0 Å². The van der Waals surface area contributed by atoms with Gasteiger partial charge in [-0.25, -0.2) is 0 Å². The summed E-state index contributed by atoms with van der Waals surface area (Å²) in [5, 5.41) is 2.83. The number of ether oxygens (including phenoxy) is 1. The van der Waals surface area contributed by atoms with Crippen molar-refractivity contribution in [2.24, 2.45) is 0 Å². The molecular weight excluding hydrogens is 356 g/mol. The number of benzene rings is 1. The van der Waals surface area contributed by atoms with Crippen LogP contribution in [0.5, 0.6) is 5.75 Å². The van der Waals surface area contributed by atoms with Crippen molar-refractivity contribution in [2.45, 2.75) is 33.2 Å². The molecule has 0 radical (unpaired) electrons. The van der Waals surface area contributed by atoms with Gasteiger partial charge >= 0.3 is 0 Å². The lowest BCUT2D eigenvalue weighted by Crippen LogP contribution is -2.46. The fraction of sp³-hybridized carbons (Fsp3) is 0.389. The Morgan fingerprint density at radius 3 is 2.52 bits per heavy atom. The van der Waals surface area contributed by atoms with E-state index in [2.05, 4.69) is 5.32 Å². The molecule has 1 N–H and O–H groups in total. The monoisotopic (exact) mass is 378 g/mol. The molecule has 0 aromatic heterocycles. The smallest absolute Gasteiger partial charge is 0.266 e. The van der Waals surface area contributed by atoms with Crippen LogP contribution in [0.1, 0.15) is 33.3 Å². The zero-order valence-electron chi connectivity index (χ0n) is 14.8. The topological polar surface area (TPSA) is 58.6 Å². The zero-order valence-corrected chi connectivity index (χ0v) is 16.4. The summed E-state index contributed by atoms with van der Waals surface area (Å²) in [6, 6.07) is 7.47. The van der Waals surface area contributed by atoms with Crippen molar-refractivity contribution in [3.05, 3.63) is 34.7 Å². The van der Waals surface area contributed by atoms with Crippen LogP contribution in [0.15, 0.2) is 29.2 Å². The van der Waals surface area contributed by atoms with Gasteiger partial charge in [0.05, 0.1) is 11.5 Å². The molecule has 2 amide bonds. The third kappa shape index (κ3) is 5.57. The first-order valence-electron chi connectivity index (χ1n) is 7.99. The van der Waals surface area contributed by atoms with Gasteiger partial charge in [-0.2, -0.15) is 0 Å². The van der Waals surface area contributed by atoms with Crippen LogP contribution in [0.25, 0.3) is 6.08 Å². The van der Waals surface area contributed by atoms with E-state index in [9.17, 15) is 9.59 Å². The molecule has 25 heavy (non-hydrogen) atoms. The summed E-state index contributed by atoms with van der Waals surface area (Å²) >= 11 is 6.46. The fourth-order valence-corrected chi connectivity index (χ4v) is 3.47. The van der Waals surface area contributed by atoms with Crippen LogP contribution >= 0.6 is 24.0 Å². The van der Waals surface area contributed by atoms with Crippen molar-refractivity contribution in [1.29, 1.82) is 0 Å². The SMILES string of the molecule is CCOc1ccc(/C=C2/SC(=S)N(CC(=O)NC(C)(C)C)C2=O)cc1. The summed E-state index contributed by atoms with van der Waals surface area (Å²) < 4.78 is 5.80. The van der Waals surface area contributed by atoms with E-state index < -0.39 is 0 Å². The van der Waals surface area contributed by atoms with Gasteiger partial charge < -0.3 is 10.1 Å². The number of hydrogen-bond acceptors (Lipinski definition) is 5. The van der Waals surface area contributed by atoms with E-state index in [1.54, 1.807) is 6.08 Å². The minimum atomic E-state index is -0.352. The predicted octanol–water partition coefficient (Wildman–Crippen LogP) is 3.20. The van der Waals surface area contributed by atoms with Gasteiger partial charge in [0.15, 0.2) is 0 Å². The van der Waals surface area contributed by atoms with E-state index in [1.165, 1.54) is 16.7 Å². The Balaban J connectivity index is 2.08. The summed E-state index contributed by atoms with van der Waals surface area (Å²) in [4.78, 5) is 26.4. The highest BCUT2D eigenvalue weighted by Crippen LogP contribution is 2.32. The molecule has 134 valence electrons. The molecule has 0 atom stereocenters. The summed E-state index contributed by atoms with van der Waals surface area (Å²) in [5.41, 5.74) is 0.526. The normalized spacial score (nSPS) is 16.5. The third-order valence-electron chi connectivity index (χ3n) is 3.18. The number of carbonyl (C=O) groups excluding carboxylic acids is 2. The Morgan fingerprint density at radius 1 is 1.32 bits per heavy atom. The van der Waals surface area contributed by atoms with Gasteiger partial charge in [-0.15, -0.1) is 0 Å². The number of rotatable bonds is 5. The third-order valence-corrected chi connectivity index (χ3v) is 4.56. The molecular formula is C18H22N2O3S2. The molecule has 1 aromatic rings. The number of amides is 2. The van der Waals surface area contributed by atoms with Crippen molar-refractivity contribution >= 4 is 46.2 Å². The van der Waals surface area contributed by atoms with E-state index in [1.807, 2.05) is 52.0 Å². The van der Waals surface area contributed by atoms with E-state index in [0.29, 0.717) is 15.8 Å². The maximum absolute atomic E-state index is 12.5. The molecule has 1 aromatic carbocycles. The average Bonchev–Trinajstić information content (AvgIpc) is 2.75. The van der Waals surface area contributed by atoms with Crippen LogP contribution in [0, 0.1) is 0 Å². The average molecular weight is 379 g/mol. The number of nitrogens with one attached hydrogen (secondary N) is 1. The van der Waals surface area contributed by atoms with Gasteiger partial charge in [-0.05, 0) is 51.5 Å². The fourth-order valence-electron chi connectivity index (χ4n) is 2.22. The second kappa shape index (κ2) is 8.01. The highest BCUT2D eigenvalue weighted by Gasteiger charge is 2.33. The lowest BCUT2D eigenvalue weighted by molar-refractivity contribution is -0.129. The zero-order chi connectivity index (χ0) is 18.6. The summed E-state index contributed by atoms with van der Waals surface area (Å²) in [6.45, 7) is 8.13. The molecule has 1 fully saturated rings. The summed E-state index contributed by atoms with van der Waals surface area (Å²) in [5.74, 6) is 0.310. The number of thiocarbonyl (C=S) groups is 1. The summed E-state index contributed by atoms with van der Waals surface area (Å²) in [7, 11) is 0. The van der Waals surface area contributed by atoms with Gasteiger partial charge in [-0.3, -0.25) is 14.5 Å². The lowest BCUT2D eigenvalue weighted by Gasteiger charge is -2.22. The largest absolute Gasteiger partial charge is 0.494 e. The molecule has 7 heteroatoms. The molecule has 5 nitrogen and oxygen atoms in total. The van der Waals surface area contributed by atoms with Crippen molar-refractivity contribution < 1.29 is 14.3 Å². The Bertz CT molecular complexity index is 706. The van der Waals surface area contributed by atoms with Gasteiger partial charge in [0.25, 0.3) is 5.91 Å². The summed E-state index contributed by atoms with van der Waals surface area (Å²) in [6.07, 6.45) is 1.77. The molecule has 0 aliphatic carbocycles. The first kappa shape index (κ1) is 19.5. The van der Waals surface area contributed by atoms with Crippen LogP contribution in [0.4, 0.5) is 0 Å².